The minimum atomic E-state index is -4.41. The lowest BCUT2D eigenvalue weighted by Gasteiger charge is -2.15. The molecule has 262 valence electrons. The molecule has 0 fully saturated rings. The maximum atomic E-state index is 12.0. The van der Waals surface area contributed by atoms with Gasteiger partial charge in [-0.1, -0.05) is 108 Å². The lowest BCUT2D eigenvalue weighted by Crippen LogP contribution is -2.27. The van der Waals surface area contributed by atoms with Crippen molar-refractivity contribution in [2.24, 2.45) is 0 Å². The van der Waals surface area contributed by atoms with Crippen LogP contribution < -0.4 is 5.32 Å². The number of hydrogen-bond donors (Lipinski definition) is 3. The molecule has 0 saturated heterocycles. The second-order valence-corrected chi connectivity index (χ2v) is 12.9. The number of phosphoric acid groups is 1. The number of carbonyl (C=O) groups is 2. The summed E-state index contributed by atoms with van der Waals surface area (Å²) in [6.45, 7) is 3.39. The predicted octanol–water partition coefficient (Wildman–Crippen LogP) is 8.65. The van der Waals surface area contributed by atoms with Crippen LogP contribution >= 0.6 is 7.82 Å². The molecule has 0 aliphatic heterocycles. The predicted molar refractivity (Wildman–Crippen MR) is 183 cm³/mol. The highest BCUT2D eigenvalue weighted by Gasteiger charge is 2.23. The van der Waals surface area contributed by atoms with Crippen molar-refractivity contribution in [1.82, 2.24) is 5.32 Å². The fourth-order valence-corrected chi connectivity index (χ4v) is 5.09. The summed E-state index contributed by atoms with van der Waals surface area (Å²) in [5.41, 5.74) is 0. The number of carbonyl (C=O) groups excluding carboxylic acids is 2. The Labute approximate surface area is 273 Å². The van der Waals surface area contributed by atoms with Crippen molar-refractivity contribution in [1.29, 1.82) is 0 Å². The van der Waals surface area contributed by atoms with Crippen molar-refractivity contribution in [2.75, 3.05) is 26.4 Å². The van der Waals surface area contributed by atoms with Crippen LogP contribution in [0.15, 0.2) is 36.5 Å². The molecule has 0 bridgehead atoms. The van der Waals surface area contributed by atoms with E-state index in [1.807, 2.05) is 0 Å². The van der Waals surface area contributed by atoms with Crippen LogP contribution in [0.2, 0.25) is 0 Å². The highest BCUT2D eigenvalue weighted by Crippen LogP contribution is 2.42. The van der Waals surface area contributed by atoms with Crippen LogP contribution in [0, 0.1) is 0 Å². The monoisotopic (exact) mass is 657 g/mol. The molecule has 0 aromatic carbocycles. The Hall–Kier alpha value is -1.77. The summed E-state index contributed by atoms with van der Waals surface area (Å²) in [7, 11) is -4.41. The molecule has 1 amide bonds. The van der Waals surface area contributed by atoms with Crippen LogP contribution in [-0.4, -0.2) is 54.3 Å². The van der Waals surface area contributed by atoms with E-state index in [0.717, 1.165) is 89.9 Å². The molecular formula is C35H64NO8P. The Morgan fingerprint density at radius 2 is 1.24 bits per heavy atom. The van der Waals surface area contributed by atoms with Crippen molar-refractivity contribution in [3.63, 3.8) is 0 Å². The van der Waals surface area contributed by atoms with E-state index in [1.165, 1.54) is 25.7 Å². The van der Waals surface area contributed by atoms with Crippen molar-refractivity contribution in [3.05, 3.63) is 36.5 Å². The zero-order valence-electron chi connectivity index (χ0n) is 28.3. The van der Waals surface area contributed by atoms with Gasteiger partial charge in [0.1, 0.15) is 12.7 Å². The van der Waals surface area contributed by atoms with Crippen molar-refractivity contribution >= 4 is 19.7 Å². The maximum Gasteiger partial charge on any atom is 0.472 e. The number of phosphoric ester groups is 1. The Kier molecular flexibility index (Phi) is 30.9. The van der Waals surface area contributed by atoms with Crippen LogP contribution in [0.25, 0.3) is 0 Å². The molecule has 0 aromatic heterocycles. The zero-order valence-corrected chi connectivity index (χ0v) is 29.2. The van der Waals surface area contributed by atoms with Crippen LogP contribution in [0.3, 0.4) is 0 Å². The van der Waals surface area contributed by atoms with Gasteiger partial charge in [0.2, 0.25) is 5.91 Å². The number of nitrogens with one attached hydrogen (secondary N) is 1. The van der Waals surface area contributed by atoms with E-state index in [1.54, 1.807) is 0 Å². The Morgan fingerprint density at radius 3 is 1.89 bits per heavy atom. The van der Waals surface area contributed by atoms with Crippen molar-refractivity contribution < 1.29 is 37.9 Å². The maximum absolute atomic E-state index is 12.0. The zero-order chi connectivity index (χ0) is 33.3. The number of hydrogen-bond acceptors (Lipinski definition) is 7. The average molecular weight is 658 g/mol. The molecule has 0 saturated carbocycles. The van der Waals surface area contributed by atoms with Gasteiger partial charge in [-0.2, -0.15) is 0 Å². The third kappa shape index (κ3) is 33.4. The number of unbranched alkanes of at least 4 members (excludes halogenated alkanes) is 13. The summed E-state index contributed by atoms with van der Waals surface area (Å²) in [5.74, 6) is -0.546. The summed E-state index contributed by atoms with van der Waals surface area (Å²) in [6, 6.07) is 0. The third-order valence-corrected chi connectivity index (χ3v) is 8.01. The second-order valence-electron chi connectivity index (χ2n) is 11.5. The van der Waals surface area contributed by atoms with E-state index in [9.17, 15) is 24.2 Å². The molecule has 10 heteroatoms. The van der Waals surface area contributed by atoms with Crippen LogP contribution in [0.1, 0.15) is 142 Å². The van der Waals surface area contributed by atoms with E-state index >= 15 is 0 Å². The van der Waals surface area contributed by atoms with E-state index in [2.05, 4.69) is 55.6 Å². The number of amides is 1. The van der Waals surface area contributed by atoms with Gasteiger partial charge in [0.05, 0.1) is 13.2 Å². The first-order valence-corrected chi connectivity index (χ1v) is 19.0. The summed E-state index contributed by atoms with van der Waals surface area (Å²) >= 11 is 0. The standard InChI is InChI=1S/C35H64NO8P/c1-3-5-7-9-11-13-15-16-17-18-20-22-24-26-28-35(39)42-31-33(37)32-44-45(40,41)43-30-29-36-34(38)27-25-23-21-19-14-12-10-8-6-4-2/h8-11,15-16,33,37H,3-7,12-14,17-32H2,1-2H3,(H,36,38)(H,40,41)/b10-8-,11-9-,16-15-. The Bertz CT molecular complexity index is 846. The first kappa shape index (κ1) is 43.2. The van der Waals surface area contributed by atoms with Crippen LogP contribution in [-0.2, 0) is 27.9 Å². The fourth-order valence-electron chi connectivity index (χ4n) is 4.34. The summed E-state index contributed by atoms with van der Waals surface area (Å²) in [6.07, 6.45) is 32.2. The van der Waals surface area contributed by atoms with Crippen molar-refractivity contribution in [2.45, 2.75) is 148 Å². The molecule has 0 radical (unpaired) electrons. The molecule has 0 aromatic rings. The lowest BCUT2D eigenvalue weighted by atomic mass is 10.1. The van der Waals surface area contributed by atoms with Crippen LogP contribution in [0.4, 0.5) is 0 Å². The molecule has 0 rings (SSSR count). The van der Waals surface area contributed by atoms with Crippen LogP contribution in [0.5, 0.6) is 0 Å². The minimum absolute atomic E-state index is 0.0745. The number of esters is 1. The van der Waals surface area contributed by atoms with Gasteiger partial charge in [0.15, 0.2) is 0 Å². The molecule has 9 nitrogen and oxygen atoms in total. The highest BCUT2D eigenvalue weighted by atomic mass is 31.2. The summed E-state index contributed by atoms with van der Waals surface area (Å²) in [5, 5.41) is 12.6. The fraction of sp³-hybridized carbons (Fsp3) is 0.771. The third-order valence-electron chi connectivity index (χ3n) is 7.02. The molecular weight excluding hydrogens is 593 g/mol. The molecule has 2 unspecified atom stereocenters. The first-order chi connectivity index (χ1) is 21.8. The number of aliphatic hydroxyl groups excluding tert-OH is 1. The number of allylic oxidation sites excluding steroid dienone is 6. The van der Waals surface area contributed by atoms with Gasteiger partial charge >= 0.3 is 13.8 Å². The van der Waals surface area contributed by atoms with Gasteiger partial charge in [-0.25, -0.2) is 4.57 Å². The van der Waals surface area contributed by atoms with Gasteiger partial charge in [0.25, 0.3) is 0 Å². The van der Waals surface area contributed by atoms with Gasteiger partial charge < -0.3 is 20.1 Å². The Balaban J connectivity index is 3.68. The van der Waals surface area contributed by atoms with Gasteiger partial charge in [-0.15, -0.1) is 0 Å². The molecule has 45 heavy (non-hydrogen) atoms. The number of aliphatic hydroxyl groups is 1. The van der Waals surface area contributed by atoms with E-state index < -0.39 is 26.5 Å². The lowest BCUT2D eigenvalue weighted by molar-refractivity contribution is -0.147. The second kappa shape index (κ2) is 32.2. The molecule has 2 atom stereocenters. The topological polar surface area (TPSA) is 131 Å². The largest absolute Gasteiger partial charge is 0.472 e. The molecule has 3 N–H and O–H groups in total. The summed E-state index contributed by atoms with van der Waals surface area (Å²) < 4.78 is 26.7. The van der Waals surface area contributed by atoms with Gasteiger partial charge in [0, 0.05) is 19.4 Å². The highest BCUT2D eigenvalue weighted by molar-refractivity contribution is 7.47. The van der Waals surface area contributed by atoms with Gasteiger partial charge in [-0.3, -0.25) is 18.6 Å². The molecule has 0 heterocycles. The summed E-state index contributed by atoms with van der Waals surface area (Å²) in [4.78, 5) is 33.6. The molecule has 0 spiro atoms. The SMILES string of the molecule is CCC/C=C\CCCCCCCC(=O)NCCOP(=O)(O)OCC(O)COC(=O)CCCCCCC/C=C\C/C=C\CCCC. The quantitative estimate of drug-likeness (QED) is 0.0284. The smallest absolute Gasteiger partial charge is 0.463 e. The first-order valence-electron chi connectivity index (χ1n) is 17.5. The van der Waals surface area contributed by atoms with Crippen molar-refractivity contribution in [3.8, 4) is 0 Å². The normalized spacial score (nSPS) is 14.0. The average Bonchev–Trinajstić information content (AvgIpc) is 3.02. The number of rotatable bonds is 32. The molecule has 0 aliphatic carbocycles. The molecule has 0 aliphatic rings. The van der Waals surface area contributed by atoms with E-state index in [0.29, 0.717) is 6.42 Å². The Morgan fingerprint density at radius 1 is 0.689 bits per heavy atom. The van der Waals surface area contributed by atoms with Gasteiger partial charge in [-0.05, 0) is 57.8 Å². The van der Waals surface area contributed by atoms with E-state index in [4.69, 9.17) is 13.8 Å². The van der Waals surface area contributed by atoms with E-state index in [-0.39, 0.29) is 32.1 Å². The minimum Gasteiger partial charge on any atom is -0.463 e. The number of ether oxygens (including phenoxy) is 1.